The number of phenols is 3. The van der Waals surface area contributed by atoms with Crippen molar-refractivity contribution in [3.8, 4) is 17.2 Å². The van der Waals surface area contributed by atoms with Crippen LogP contribution >= 0.6 is 11.8 Å². The Morgan fingerprint density at radius 2 is 1.02 bits per heavy atom. The summed E-state index contributed by atoms with van der Waals surface area (Å²) in [5, 5.41) is 66.6. The lowest BCUT2D eigenvalue weighted by atomic mass is 9.95. The maximum atomic E-state index is 15.5. The number of carboxylic acids is 1. The van der Waals surface area contributed by atoms with Crippen molar-refractivity contribution in [2.45, 2.75) is 172 Å². The molecule has 129 heavy (non-hydrogen) atoms. The van der Waals surface area contributed by atoms with Crippen LogP contribution in [0.3, 0.4) is 0 Å². The van der Waals surface area contributed by atoms with E-state index in [0.29, 0.717) is 57.1 Å². The molecule has 2 bridgehead atoms. The number of aliphatic carboxylic acids is 1. The first-order valence-corrected chi connectivity index (χ1v) is 43.6. The number of fused-ring (bicyclic) bond motifs is 5. The lowest BCUT2D eigenvalue weighted by Gasteiger charge is -2.37. The third kappa shape index (κ3) is 28.1. The fourth-order valence-electron chi connectivity index (χ4n) is 15.4. The topological polar surface area (TPSA) is 520 Å². The Morgan fingerprint density at radius 1 is 0.504 bits per heavy atom. The van der Waals surface area contributed by atoms with E-state index in [1.165, 1.54) is 93.9 Å². The van der Waals surface area contributed by atoms with Crippen LogP contribution in [-0.4, -0.2) is 265 Å². The molecule has 11 atom stereocenters. The van der Waals surface area contributed by atoms with Gasteiger partial charge in [-0.1, -0.05) is 157 Å². The molecule has 0 spiro atoms. The Morgan fingerprint density at radius 3 is 1.63 bits per heavy atom. The van der Waals surface area contributed by atoms with Crippen LogP contribution in [-0.2, 0) is 115 Å². The van der Waals surface area contributed by atoms with Crippen LogP contribution in [0.2, 0.25) is 0 Å². The van der Waals surface area contributed by atoms with Gasteiger partial charge < -0.3 is 103 Å². The van der Waals surface area contributed by atoms with Crippen molar-refractivity contribution in [3.05, 3.63) is 191 Å². The van der Waals surface area contributed by atoms with Gasteiger partial charge in [-0.3, -0.25) is 76.7 Å². The van der Waals surface area contributed by atoms with Gasteiger partial charge in [0, 0.05) is 95.6 Å². The van der Waals surface area contributed by atoms with Gasteiger partial charge in [-0.15, -0.1) is 11.8 Å². The van der Waals surface area contributed by atoms with Gasteiger partial charge in [0.15, 0.2) is 0 Å². The highest BCUT2D eigenvalue weighted by atomic mass is 32.2. The Balaban J connectivity index is 1.12. The van der Waals surface area contributed by atoms with Crippen molar-refractivity contribution in [1.29, 1.82) is 0 Å². The quantitative estimate of drug-likeness (QED) is 0.0489. The van der Waals surface area contributed by atoms with Gasteiger partial charge in [-0.2, -0.15) is 0 Å². The van der Waals surface area contributed by atoms with Crippen molar-refractivity contribution in [2.24, 2.45) is 17.6 Å². The summed E-state index contributed by atoms with van der Waals surface area (Å²) >= 11 is 0.816. The predicted molar refractivity (Wildman–Crippen MR) is 478 cm³/mol. The molecule has 1 fully saturated rings. The Hall–Kier alpha value is -13.9. The van der Waals surface area contributed by atoms with E-state index in [2.05, 4.69) is 52.8 Å². The van der Waals surface area contributed by atoms with E-state index in [1.54, 1.807) is 125 Å². The minimum Gasteiger partial charge on any atom is -0.508 e. The number of aromatic nitrogens is 1. The number of carboxylic acid groups (broad SMARTS) is 1. The number of amides is 15. The number of benzene rings is 6. The van der Waals surface area contributed by atoms with Gasteiger partial charge in [0.05, 0.1) is 31.0 Å². The molecule has 16 N–H and O–H groups in total. The molecule has 2 aliphatic rings. The maximum Gasteiger partial charge on any atom is 0.305 e. The number of rotatable bonds is 21. The number of thioether (sulfide) groups is 1. The smallest absolute Gasteiger partial charge is 0.305 e. The SMILES string of the molecule is CCCC[C@H]1C(=O)N(C)CC(=O)N[C@@H](CC(=O)O)C(=O)N[C@@H](C(C)C)C(=O)N(C)[C@@H](Cc2ccccc2)C(=O)N[C@H]2Cc3ccc(O)cc3N(CC(=O)N[C@@H](Cc3c[nH]c4ccc(O)cc34)C(=O)NC(Cc3ccc(O)cc3)C(=O)N[C@@H](CC(C)C)C(=O)N[C@H](C(=O)NCC(N)=O)CSCC(=O)N[C@@H](Cc3ccccc3)C(=O)N(C)[C@@H](Cc3ccccc3)C(=O)N1C)C2=O. The molecule has 3 heterocycles. The highest BCUT2D eigenvalue weighted by Gasteiger charge is 2.44. The number of nitrogens with zero attached hydrogens (tertiary/aromatic N) is 5. The van der Waals surface area contributed by atoms with Gasteiger partial charge in [0.2, 0.25) is 88.6 Å². The number of primary amides is 1. The summed E-state index contributed by atoms with van der Waals surface area (Å²) in [4.78, 5) is 244. The molecule has 1 saturated heterocycles. The zero-order chi connectivity index (χ0) is 94.0. The number of carbonyl (C=O) groups is 16. The lowest BCUT2D eigenvalue weighted by Crippen LogP contribution is -2.62. The number of nitrogens with two attached hydrogens (primary N) is 1. The summed E-state index contributed by atoms with van der Waals surface area (Å²) in [5.41, 5.74) is 8.67. The maximum absolute atomic E-state index is 15.5. The summed E-state index contributed by atoms with van der Waals surface area (Å²) < 4.78 is 0. The van der Waals surface area contributed by atoms with Crippen molar-refractivity contribution in [1.82, 2.24) is 72.4 Å². The minimum absolute atomic E-state index is 0.00993. The fraction of sp³-hybridized carbons (Fsp3) is 0.413. The number of hydrogen-bond donors (Lipinski definition) is 15. The number of carbonyl (C=O) groups excluding carboxylic acids is 15. The zero-order valence-electron chi connectivity index (χ0n) is 73.4. The summed E-state index contributed by atoms with van der Waals surface area (Å²) in [6.07, 6.45) is -0.204. The number of H-pyrrole nitrogens is 1. The molecular weight excluding hydrogens is 1680 g/mol. The highest BCUT2D eigenvalue weighted by Crippen LogP contribution is 2.33. The van der Waals surface area contributed by atoms with E-state index in [1.807, 2.05) is 6.92 Å². The van der Waals surface area contributed by atoms with Gasteiger partial charge in [-0.05, 0) is 94.5 Å². The van der Waals surface area contributed by atoms with Crippen molar-refractivity contribution in [3.63, 3.8) is 0 Å². The van der Waals surface area contributed by atoms with E-state index >= 15 is 38.4 Å². The third-order valence-electron chi connectivity index (χ3n) is 22.4. The summed E-state index contributed by atoms with van der Waals surface area (Å²) in [5.74, 6) is -18.2. The number of unbranched alkanes of at least 4 members (excludes halogenated alkanes) is 1. The highest BCUT2D eigenvalue weighted by molar-refractivity contribution is 8.00. The predicted octanol–water partition coefficient (Wildman–Crippen LogP) is 1.92. The van der Waals surface area contributed by atoms with Crippen LogP contribution < -0.4 is 58.5 Å². The van der Waals surface area contributed by atoms with Crippen molar-refractivity contribution >= 4 is 123 Å². The third-order valence-corrected chi connectivity index (χ3v) is 23.4. The zero-order valence-corrected chi connectivity index (χ0v) is 74.2. The van der Waals surface area contributed by atoms with Crippen LogP contribution in [0.4, 0.5) is 5.69 Å². The first-order valence-electron chi connectivity index (χ1n) is 42.5. The number of phenolic OH excluding ortho intramolecular Hbond substituents is 3. The van der Waals surface area contributed by atoms with E-state index < -0.39 is 205 Å². The van der Waals surface area contributed by atoms with Gasteiger partial charge >= 0.3 is 5.97 Å². The molecule has 7 aromatic rings. The first-order chi connectivity index (χ1) is 61.4. The van der Waals surface area contributed by atoms with Crippen LogP contribution in [0, 0.1) is 11.8 Å². The lowest BCUT2D eigenvalue weighted by molar-refractivity contribution is -0.151. The van der Waals surface area contributed by atoms with Gasteiger partial charge in [0.25, 0.3) is 0 Å². The largest absolute Gasteiger partial charge is 0.508 e. The minimum atomic E-state index is -1.91. The number of aromatic amines is 1. The van der Waals surface area contributed by atoms with Crippen molar-refractivity contribution < 1.29 is 97.1 Å². The second-order valence-electron chi connectivity index (χ2n) is 33.1. The average molecular weight is 1800 g/mol. The number of anilines is 1. The normalized spacial score (nSPS) is 22.1. The van der Waals surface area contributed by atoms with Crippen LogP contribution in [0.25, 0.3) is 10.9 Å². The molecule has 0 radical (unpaired) electrons. The molecule has 1 aromatic heterocycles. The molecule has 36 nitrogen and oxygen atoms in total. The Kier molecular flexibility index (Phi) is 35.7. The van der Waals surface area contributed by atoms with Crippen molar-refractivity contribution in [2.75, 3.05) is 64.2 Å². The van der Waals surface area contributed by atoms with Gasteiger partial charge in [-0.25, -0.2) is 0 Å². The van der Waals surface area contributed by atoms with E-state index in [-0.39, 0.29) is 80.2 Å². The Labute approximate surface area is 750 Å². The summed E-state index contributed by atoms with van der Waals surface area (Å²) in [6, 6.07) is 22.5. The second kappa shape index (κ2) is 46.6. The molecule has 1 unspecified atom stereocenters. The molecule has 15 amide bonds. The van der Waals surface area contributed by atoms with Crippen LogP contribution in [0.5, 0.6) is 17.2 Å². The van der Waals surface area contributed by atoms with Crippen LogP contribution in [0.1, 0.15) is 100 Å². The number of hydrogen-bond acceptors (Lipinski definition) is 20. The van der Waals surface area contributed by atoms with Gasteiger partial charge in [0.1, 0.15) is 90.3 Å². The molecule has 2 aliphatic heterocycles. The fourth-order valence-corrected chi connectivity index (χ4v) is 16.2. The number of nitrogens with one attached hydrogen (secondary N) is 10. The van der Waals surface area contributed by atoms with E-state index in [0.717, 1.165) is 31.4 Å². The monoisotopic (exact) mass is 1790 g/mol. The number of likely N-dealkylation sites (N-methyl/N-ethyl adjacent to an activating group) is 4. The average Bonchev–Trinajstić information content (AvgIpc) is 1.30. The molecule has 0 aliphatic carbocycles. The molecule has 0 saturated carbocycles. The molecule has 37 heteroatoms. The van der Waals surface area contributed by atoms with Crippen LogP contribution in [0.15, 0.2) is 158 Å². The molecule has 688 valence electrons. The summed E-state index contributed by atoms with van der Waals surface area (Å²) in [7, 11) is 5.26. The first kappa shape index (κ1) is 98.9. The number of aromatic hydroxyl groups is 3. The Bertz CT molecular complexity index is 5200. The second-order valence-corrected chi connectivity index (χ2v) is 34.2. The standard InChI is InChI=1S/C92H114N16O20S/c1-10-11-27-72-90(126)104(6)48-77(113)97-68(45-80(116)117)86(122)103-81(53(4)5)92(128)106(8)74(39-55-23-17-13-18-24-55)87(123)101-70-41-58-30-33-62(111)44-73(58)108(89(70)125)49-78(114)96-67(42-59-46-94-64-35-34-61(110)43-63(59)64)85(121)100-66(37-57-28-31-60(109)32-29-57)84(120)99-65(36-52(2)3)83(119)102-71(82(118)95-47-76(93)112)50-129-51-79(115)98-69(38-54-21-15-12-16-22-54)88(124)107(9)75(91(127)105(72)7)40-56-25-19-14-20-26-56/h12-26,28-35,43-44,46,52-53,65-72,74-75,81,94,109-111H,10-11,27,36-42,45,47-51H2,1-9H3,(H2,93,112)(H,95,118)(H,96,114)(H,97,113)(H,98,115)(H,99,120)(H,100,121)(H,101,123)(H,102,119)(H,103,122)(H,116,117)/t65-,66?,67-,68-,69-,70-,71-,72-,74-,75-,81-/m0/s1. The molecule has 6 aromatic carbocycles. The van der Waals surface area contributed by atoms with E-state index in [4.69, 9.17) is 5.73 Å². The molecule has 9 rings (SSSR count). The summed E-state index contributed by atoms with van der Waals surface area (Å²) in [6.45, 7) is 5.99. The molecular formula is C92H114N16O20S. The van der Waals surface area contributed by atoms with E-state index in [9.17, 15) is 58.8 Å².